The number of pyridine rings is 1. The van der Waals surface area contributed by atoms with Crippen molar-refractivity contribution < 1.29 is 27.6 Å². The molecule has 1 aliphatic rings. The molecule has 1 atom stereocenters. The van der Waals surface area contributed by atoms with Gasteiger partial charge in [-0.05, 0) is 36.2 Å². The average Bonchev–Trinajstić information content (AvgIpc) is 3.03. The summed E-state index contributed by atoms with van der Waals surface area (Å²) in [5.41, 5.74) is 0.750. The second-order valence-corrected chi connectivity index (χ2v) is 6.65. The van der Waals surface area contributed by atoms with Gasteiger partial charge in [-0.15, -0.1) is 0 Å². The monoisotopic (exact) mass is 405 g/mol. The minimum Gasteiger partial charge on any atom is -0.359 e. The Balaban J connectivity index is 1.84. The number of carbonyl (C=O) groups excluding carboxylic acids is 3. The Morgan fingerprint density at radius 3 is 2.72 bits per heavy atom. The maximum Gasteiger partial charge on any atom is 0.416 e. The Morgan fingerprint density at radius 2 is 2.07 bits per heavy atom. The third kappa shape index (κ3) is 4.28. The molecule has 0 aliphatic carbocycles. The zero-order valence-electron chi connectivity index (χ0n) is 15.5. The van der Waals surface area contributed by atoms with Gasteiger partial charge in [0.25, 0.3) is 5.91 Å². The van der Waals surface area contributed by atoms with E-state index in [1.54, 1.807) is 6.07 Å². The molecule has 1 aliphatic heterocycles. The van der Waals surface area contributed by atoms with Gasteiger partial charge in [-0.2, -0.15) is 13.2 Å². The Kier molecular flexibility index (Phi) is 5.67. The summed E-state index contributed by atoms with van der Waals surface area (Å²) >= 11 is 0. The number of benzene rings is 1. The SMILES string of the molecule is CNC(=O)CCC(C=O)N1Cc2cc(-c3cc(C(F)(F)F)ccn3)ccc2C1=O. The molecule has 0 saturated carbocycles. The van der Waals surface area contributed by atoms with Crippen molar-refractivity contribution in [1.82, 2.24) is 15.2 Å². The molecule has 1 aromatic heterocycles. The first-order valence-electron chi connectivity index (χ1n) is 8.88. The Labute approximate surface area is 164 Å². The highest BCUT2D eigenvalue weighted by Gasteiger charge is 2.34. The van der Waals surface area contributed by atoms with Crippen molar-refractivity contribution >= 4 is 18.1 Å². The lowest BCUT2D eigenvalue weighted by atomic mass is 10.0. The smallest absolute Gasteiger partial charge is 0.359 e. The van der Waals surface area contributed by atoms with Gasteiger partial charge in [-0.25, -0.2) is 0 Å². The molecule has 3 rings (SSSR count). The van der Waals surface area contributed by atoms with Crippen LogP contribution in [-0.2, 0) is 22.3 Å². The summed E-state index contributed by atoms with van der Waals surface area (Å²) in [6.45, 7) is 0.137. The van der Waals surface area contributed by atoms with Gasteiger partial charge in [-0.3, -0.25) is 14.6 Å². The molecule has 1 N–H and O–H groups in total. The summed E-state index contributed by atoms with van der Waals surface area (Å²) in [5.74, 6) is -0.587. The number of carbonyl (C=O) groups is 3. The molecular formula is C20H18F3N3O3. The van der Waals surface area contributed by atoms with Gasteiger partial charge in [0.1, 0.15) is 6.29 Å². The highest BCUT2D eigenvalue weighted by atomic mass is 19.4. The minimum absolute atomic E-state index is 0.0967. The Bertz CT molecular complexity index is 959. The molecule has 0 bridgehead atoms. The number of hydrogen-bond donors (Lipinski definition) is 1. The second kappa shape index (κ2) is 8.02. The first-order chi connectivity index (χ1) is 13.7. The van der Waals surface area contributed by atoms with E-state index in [9.17, 15) is 27.6 Å². The molecule has 6 nitrogen and oxygen atoms in total. The van der Waals surface area contributed by atoms with Crippen molar-refractivity contribution in [3.8, 4) is 11.3 Å². The summed E-state index contributed by atoms with van der Waals surface area (Å²) in [7, 11) is 1.48. The Hall–Kier alpha value is -3.23. The van der Waals surface area contributed by atoms with Crippen LogP contribution >= 0.6 is 0 Å². The zero-order valence-corrected chi connectivity index (χ0v) is 15.5. The van der Waals surface area contributed by atoms with Crippen LogP contribution in [0.1, 0.15) is 34.3 Å². The van der Waals surface area contributed by atoms with Gasteiger partial charge >= 0.3 is 6.18 Å². The van der Waals surface area contributed by atoms with Gasteiger partial charge in [0.2, 0.25) is 5.91 Å². The number of halogens is 3. The fourth-order valence-electron chi connectivity index (χ4n) is 3.24. The van der Waals surface area contributed by atoms with E-state index in [-0.39, 0.29) is 36.9 Å². The van der Waals surface area contributed by atoms with E-state index in [0.29, 0.717) is 23.0 Å². The number of nitrogens with zero attached hydrogens (tertiary/aromatic N) is 2. The number of aromatic nitrogens is 1. The van der Waals surface area contributed by atoms with Gasteiger partial charge in [0.05, 0.1) is 17.3 Å². The third-order valence-electron chi connectivity index (χ3n) is 4.82. The van der Waals surface area contributed by atoms with Crippen LogP contribution in [0, 0.1) is 0 Å². The fourth-order valence-corrected chi connectivity index (χ4v) is 3.24. The van der Waals surface area contributed by atoms with Crippen molar-refractivity contribution in [3.05, 3.63) is 53.2 Å². The van der Waals surface area contributed by atoms with E-state index in [1.165, 1.54) is 24.1 Å². The Morgan fingerprint density at radius 1 is 1.31 bits per heavy atom. The van der Waals surface area contributed by atoms with E-state index >= 15 is 0 Å². The standard InChI is InChI=1S/C20H18F3N3O3/c1-24-18(28)5-3-15(11-27)26-10-13-8-12(2-4-16(13)19(26)29)17-9-14(6-7-25-17)20(21,22)23/h2,4,6-9,11,15H,3,5,10H2,1H3,(H,24,28). The van der Waals surface area contributed by atoms with E-state index in [2.05, 4.69) is 10.3 Å². The lowest BCUT2D eigenvalue weighted by Gasteiger charge is -2.22. The molecule has 0 saturated heterocycles. The first-order valence-corrected chi connectivity index (χ1v) is 8.88. The quantitative estimate of drug-likeness (QED) is 0.750. The van der Waals surface area contributed by atoms with Crippen LogP contribution in [0.15, 0.2) is 36.5 Å². The second-order valence-electron chi connectivity index (χ2n) is 6.65. The van der Waals surface area contributed by atoms with Crippen molar-refractivity contribution in [2.24, 2.45) is 0 Å². The van der Waals surface area contributed by atoms with Crippen LogP contribution in [0.3, 0.4) is 0 Å². The summed E-state index contributed by atoms with van der Waals surface area (Å²) in [5, 5.41) is 2.46. The minimum atomic E-state index is -4.48. The first kappa shape index (κ1) is 20.5. The number of nitrogens with one attached hydrogen (secondary N) is 1. The lowest BCUT2D eigenvalue weighted by Crippen LogP contribution is -2.37. The molecule has 152 valence electrons. The van der Waals surface area contributed by atoms with E-state index in [0.717, 1.165) is 18.3 Å². The number of rotatable bonds is 6. The molecular weight excluding hydrogens is 387 g/mol. The van der Waals surface area contributed by atoms with Crippen molar-refractivity contribution in [2.75, 3.05) is 7.05 Å². The van der Waals surface area contributed by atoms with Crippen LogP contribution in [0.4, 0.5) is 13.2 Å². The van der Waals surface area contributed by atoms with Gasteiger partial charge in [0, 0.05) is 37.3 Å². The van der Waals surface area contributed by atoms with Crippen molar-refractivity contribution in [2.45, 2.75) is 31.6 Å². The maximum atomic E-state index is 12.9. The predicted octanol–water partition coefficient (Wildman–Crippen LogP) is 2.82. The zero-order chi connectivity index (χ0) is 21.2. The number of aldehydes is 1. The number of amides is 2. The van der Waals surface area contributed by atoms with Crippen LogP contribution in [0.25, 0.3) is 11.3 Å². The molecule has 2 aromatic rings. The molecule has 1 unspecified atom stereocenters. The number of hydrogen-bond acceptors (Lipinski definition) is 4. The van der Waals surface area contributed by atoms with Gasteiger partial charge < -0.3 is 15.0 Å². The van der Waals surface area contributed by atoms with Crippen molar-refractivity contribution in [3.63, 3.8) is 0 Å². The summed E-state index contributed by atoms with van der Waals surface area (Å²) < 4.78 is 38.8. The van der Waals surface area contributed by atoms with Crippen LogP contribution in [0.5, 0.6) is 0 Å². The normalized spacial score (nSPS) is 14.5. The van der Waals surface area contributed by atoms with Crippen LogP contribution in [0.2, 0.25) is 0 Å². The highest BCUT2D eigenvalue weighted by Crippen LogP contribution is 2.33. The van der Waals surface area contributed by atoms with Crippen molar-refractivity contribution in [1.29, 1.82) is 0 Å². The fraction of sp³-hybridized carbons (Fsp3) is 0.300. The molecule has 9 heteroatoms. The predicted molar refractivity (Wildman–Crippen MR) is 97.7 cm³/mol. The molecule has 0 radical (unpaired) electrons. The largest absolute Gasteiger partial charge is 0.416 e. The van der Waals surface area contributed by atoms with E-state index in [4.69, 9.17) is 0 Å². The maximum absolute atomic E-state index is 12.9. The topological polar surface area (TPSA) is 79.4 Å². The molecule has 1 aromatic carbocycles. The summed E-state index contributed by atoms with van der Waals surface area (Å²) in [6.07, 6.45) is -2.49. The van der Waals surface area contributed by atoms with Gasteiger partial charge in [0.15, 0.2) is 0 Å². The average molecular weight is 405 g/mol. The lowest BCUT2D eigenvalue weighted by molar-refractivity contribution is -0.137. The number of alkyl halides is 3. The van der Waals surface area contributed by atoms with Crippen LogP contribution < -0.4 is 5.32 Å². The number of fused-ring (bicyclic) bond motifs is 1. The van der Waals surface area contributed by atoms with E-state index < -0.39 is 17.8 Å². The molecule has 0 spiro atoms. The molecule has 0 fully saturated rings. The summed E-state index contributed by atoms with van der Waals surface area (Å²) in [6, 6.07) is 5.74. The van der Waals surface area contributed by atoms with Crippen LogP contribution in [-0.4, -0.2) is 41.1 Å². The highest BCUT2D eigenvalue weighted by molar-refractivity contribution is 6.00. The third-order valence-corrected chi connectivity index (χ3v) is 4.82. The molecule has 2 amide bonds. The summed E-state index contributed by atoms with van der Waals surface area (Å²) in [4.78, 5) is 40.9. The molecule has 29 heavy (non-hydrogen) atoms. The molecule has 2 heterocycles. The van der Waals surface area contributed by atoms with Gasteiger partial charge in [-0.1, -0.05) is 6.07 Å². The van der Waals surface area contributed by atoms with E-state index in [1.807, 2.05) is 0 Å².